The van der Waals surface area contributed by atoms with Gasteiger partial charge < -0.3 is 10.1 Å². The molecule has 1 heterocycles. The van der Waals surface area contributed by atoms with E-state index in [1.807, 2.05) is 24.3 Å². The molecule has 2 rings (SSSR count). The average Bonchev–Trinajstić information content (AvgIpc) is 2.46. The molecule has 0 fully saturated rings. The molecule has 1 N–H and O–H groups in total. The van der Waals surface area contributed by atoms with Gasteiger partial charge in [0.25, 0.3) is 0 Å². The number of aromatic nitrogens is 1. The minimum absolute atomic E-state index is 0.378. The Bertz CT molecular complexity index is 570. The zero-order valence-electron chi connectivity index (χ0n) is 10.4. The maximum Gasteiger partial charge on any atom is 0.338 e. The third-order valence-electron chi connectivity index (χ3n) is 2.57. The van der Waals surface area contributed by atoms with Crippen LogP contribution in [-0.2, 0) is 11.3 Å². The number of pyridine rings is 1. The number of anilines is 1. The number of esters is 1. The highest BCUT2D eigenvalue weighted by Crippen LogP contribution is 2.12. The van der Waals surface area contributed by atoms with Gasteiger partial charge in [-0.1, -0.05) is 23.7 Å². The summed E-state index contributed by atoms with van der Waals surface area (Å²) in [5.74, 6) is 0.245. The van der Waals surface area contributed by atoms with E-state index < -0.39 is 0 Å². The lowest BCUT2D eigenvalue weighted by molar-refractivity contribution is 0.0600. The molecule has 0 aliphatic heterocycles. The zero-order valence-corrected chi connectivity index (χ0v) is 11.1. The summed E-state index contributed by atoms with van der Waals surface area (Å²) in [5, 5.41) is 3.84. The van der Waals surface area contributed by atoms with Crippen molar-refractivity contribution in [2.45, 2.75) is 6.54 Å². The molecule has 4 nitrogen and oxygen atoms in total. The molecular weight excluding hydrogens is 264 g/mol. The first kappa shape index (κ1) is 13.4. The van der Waals surface area contributed by atoms with Crippen molar-refractivity contribution in [2.24, 2.45) is 0 Å². The summed E-state index contributed by atoms with van der Waals surface area (Å²) in [6.07, 6.45) is 1.57. The summed E-state index contributed by atoms with van der Waals surface area (Å²) in [4.78, 5) is 15.5. The van der Waals surface area contributed by atoms with Gasteiger partial charge in [0.05, 0.1) is 12.7 Å². The van der Waals surface area contributed by atoms with Crippen LogP contribution in [0.5, 0.6) is 0 Å². The Kier molecular flexibility index (Phi) is 4.36. The van der Waals surface area contributed by atoms with Gasteiger partial charge >= 0.3 is 5.97 Å². The summed E-state index contributed by atoms with van der Waals surface area (Å²) in [6.45, 7) is 0.606. The van der Waals surface area contributed by atoms with Crippen LogP contribution in [-0.4, -0.2) is 18.1 Å². The van der Waals surface area contributed by atoms with Crippen LogP contribution in [0.3, 0.4) is 0 Å². The van der Waals surface area contributed by atoms with Crippen LogP contribution >= 0.6 is 11.6 Å². The zero-order chi connectivity index (χ0) is 13.7. The van der Waals surface area contributed by atoms with Crippen molar-refractivity contribution < 1.29 is 9.53 Å². The summed E-state index contributed by atoms with van der Waals surface area (Å²) in [7, 11) is 1.35. The number of ether oxygens (including phenoxy) is 1. The number of hydrogen-bond donors (Lipinski definition) is 1. The molecule has 0 bridgehead atoms. The van der Waals surface area contributed by atoms with E-state index in [0.717, 1.165) is 5.56 Å². The summed E-state index contributed by atoms with van der Waals surface area (Å²) in [5.41, 5.74) is 1.55. The van der Waals surface area contributed by atoms with Crippen LogP contribution in [0.2, 0.25) is 5.02 Å². The van der Waals surface area contributed by atoms with Gasteiger partial charge in [0.2, 0.25) is 0 Å². The monoisotopic (exact) mass is 276 g/mol. The Morgan fingerprint density at radius 3 is 2.74 bits per heavy atom. The van der Waals surface area contributed by atoms with Crippen LogP contribution in [0.25, 0.3) is 0 Å². The highest BCUT2D eigenvalue weighted by Gasteiger charge is 2.06. The average molecular weight is 277 g/mol. The standard InChI is InChI=1S/C14H13ClN2O2/c1-19-14(18)11-6-7-16-13(8-11)17-9-10-2-4-12(15)5-3-10/h2-8H,9H2,1H3,(H,16,17). The Hall–Kier alpha value is -2.07. The number of nitrogens with one attached hydrogen (secondary N) is 1. The molecule has 19 heavy (non-hydrogen) atoms. The Morgan fingerprint density at radius 1 is 1.32 bits per heavy atom. The lowest BCUT2D eigenvalue weighted by Gasteiger charge is -2.07. The Morgan fingerprint density at radius 2 is 2.05 bits per heavy atom. The van der Waals surface area contributed by atoms with E-state index in [4.69, 9.17) is 11.6 Å². The van der Waals surface area contributed by atoms with E-state index in [0.29, 0.717) is 22.9 Å². The van der Waals surface area contributed by atoms with Gasteiger partial charge in [0.15, 0.2) is 0 Å². The topological polar surface area (TPSA) is 51.2 Å². The van der Waals surface area contributed by atoms with Crippen molar-refractivity contribution in [2.75, 3.05) is 12.4 Å². The van der Waals surface area contributed by atoms with E-state index in [-0.39, 0.29) is 5.97 Å². The predicted octanol–water partition coefficient (Wildman–Crippen LogP) is 3.13. The van der Waals surface area contributed by atoms with Crippen LogP contribution < -0.4 is 5.32 Å². The van der Waals surface area contributed by atoms with Crippen molar-refractivity contribution in [1.82, 2.24) is 4.98 Å². The van der Waals surface area contributed by atoms with E-state index in [1.165, 1.54) is 7.11 Å². The highest BCUT2D eigenvalue weighted by atomic mass is 35.5. The number of halogens is 1. The third-order valence-corrected chi connectivity index (χ3v) is 2.82. The Balaban J connectivity index is 2.03. The van der Waals surface area contributed by atoms with E-state index in [2.05, 4.69) is 15.0 Å². The minimum atomic E-state index is -0.378. The van der Waals surface area contributed by atoms with E-state index in [9.17, 15) is 4.79 Å². The molecule has 0 atom stereocenters. The van der Waals surface area contributed by atoms with Gasteiger partial charge in [-0.3, -0.25) is 0 Å². The molecule has 0 saturated heterocycles. The number of carbonyl (C=O) groups excluding carboxylic acids is 1. The first-order valence-corrected chi connectivity index (χ1v) is 6.09. The number of carbonyl (C=O) groups is 1. The largest absolute Gasteiger partial charge is 0.465 e. The molecular formula is C14H13ClN2O2. The Labute approximate surface area is 116 Å². The van der Waals surface area contributed by atoms with Gasteiger partial charge in [-0.05, 0) is 29.8 Å². The van der Waals surface area contributed by atoms with Gasteiger partial charge in [0.1, 0.15) is 5.82 Å². The molecule has 0 amide bonds. The van der Waals surface area contributed by atoms with Crippen LogP contribution in [0, 0.1) is 0 Å². The van der Waals surface area contributed by atoms with Gasteiger partial charge in [0, 0.05) is 17.8 Å². The molecule has 5 heteroatoms. The van der Waals surface area contributed by atoms with Crippen molar-refractivity contribution in [1.29, 1.82) is 0 Å². The first-order valence-electron chi connectivity index (χ1n) is 5.72. The summed E-state index contributed by atoms with van der Waals surface area (Å²) >= 11 is 5.82. The quantitative estimate of drug-likeness (QED) is 0.872. The van der Waals surface area contributed by atoms with E-state index >= 15 is 0 Å². The molecule has 0 aliphatic carbocycles. The lowest BCUT2D eigenvalue weighted by Crippen LogP contribution is -2.05. The van der Waals surface area contributed by atoms with Crippen molar-refractivity contribution in [3.05, 3.63) is 58.7 Å². The summed E-state index contributed by atoms with van der Waals surface area (Å²) < 4.78 is 4.66. The molecule has 0 aliphatic rings. The molecule has 1 aromatic carbocycles. The number of hydrogen-bond acceptors (Lipinski definition) is 4. The molecule has 0 spiro atoms. The molecule has 2 aromatic rings. The third kappa shape index (κ3) is 3.69. The SMILES string of the molecule is COC(=O)c1ccnc(NCc2ccc(Cl)cc2)c1. The fourth-order valence-electron chi connectivity index (χ4n) is 1.57. The van der Waals surface area contributed by atoms with Crippen LogP contribution in [0.1, 0.15) is 15.9 Å². The van der Waals surface area contributed by atoms with Gasteiger partial charge in [-0.25, -0.2) is 9.78 Å². The van der Waals surface area contributed by atoms with Crippen LogP contribution in [0.4, 0.5) is 5.82 Å². The van der Waals surface area contributed by atoms with Gasteiger partial charge in [-0.2, -0.15) is 0 Å². The molecule has 0 radical (unpaired) electrons. The maximum absolute atomic E-state index is 11.4. The molecule has 1 aromatic heterocycles. The van der Waals surface area contributed by atoms with Crippen molar-refractivity contribution >= 4 is 23.4 Å². The number of nitrogens with zero attached hydrogens (tertiary/aromatic N) is 1. The second-order valence-electron chi connectivity index (χ2n) is 3.90. The van der Waals surface area contributed by atoms with Crippen LogP contribution in [0.15, 0.2) is 42.6 Å². The van der Waals surface area contributed by atoms with Crippen molar-refractivity contribution in [3.8, 4) is 0 Å². The second kappa shape index (κ2) is 6.20. The van der Waals surface area contributed by atoms with Gasteiger partial charge in [-0.15, -0.1) is 0 Å². The maximum atomic E-state index is 11.4. The first-order chi connectivity index (χ1) is 9.19. The molecule has 98 valence electrons. The number of rotatable bonds is 4. The highest BCUT2D eigenvalue weighted by molar-refractivity contribution is 6.30. The normalized spacial score (nSPS) is 10.0. The van der Waals surface area contributed by atoms with Crippen molar-refractivity contribution in [3.63, 3.8) is 0 Å². The number of benzene rings is 1. The molecule has 0 saturated carbocycles. The second-order valence-corrected chi connectivity index (χ2v) is 4.34. The van der Waals surface area contributed by atoms with E-state index in [1.54, 1.807) is 18.3 Å². The smallest absolute Gasteiger partial charge is 0.338 e. The fourth-order valence-corrected chi connectivity index (χ4v) is 1.69. The minimum Gasteiger partial charge on any atom is -0.465 e. The predicted molar refractivity (Wildman–Crippen MR) is 74.4 cm³/mol. The lowest BCUT2D eigenvalue weighted by atomic mass is 10.2. The fraction of sp³-hybridized carbons (Fsp3) is 0.143. The summed E-state index contributed by atoms with van der Waals surface area (Å²) in [6, 6.07) is 10.8. The molecule has 0 unspecified atom stereocenters. The number of methoxy groups -OCH3 is 1.